The summed E-state index contributed by atoms with van der Waals surface area (Å²) in [5, 5.41) is 9.10. The molecule has 20 heavy (non-hydrogen) atoms. The fourth-order valence-corrected chi connectivity index (χ4v) is 2.43. The number of hydrogen-bond donors (Lipinski definition) is 1. The lowest BCUT2D eigenvalue weighted by Gasteiger charge is -2.15. The summed E-state index contributed by atoms with van der Waals surface area (Å²) in [4.78, 5) is 36.3. The molecule has 0 radical (unpaired) electrons. The summed E-state index contributed by atoms with van der Waals surface area (Å²) in [5.41, 5.74) is 0.848. The Kier molecular flexibility index (Phi) is 3.88. The van der Waals surface area contributed by atoms with Crippen molar-refractivity contribution < 1.29 is 19.5 Å². The molecule has 1 aromatic carbocycles. The van der Waals surface area contributed by atoms with E-state index in [1.165, 1.54) is 11.0 Å². The van der Waals surface area contributed by atoms with Gasteiger partial charge < -0.3 is 5.11 Å². The second-order valence-corrected chi connectivity index (χ2v) is 5.12. The van der Waals surface area contributed by atoms with E-state index in [1.54, 1.807) is 32.0 Å². The van der Waals surface area contributed by atoms with E-state index in [0.717, 1.165) is 0 Å². The summed E-state index contributed by atoms with van der Waals surface area (Å²) >= 11 is 0. The lowest BCUT2D eigenvalue weighted by atomic mass is 10.00. The van der Waals surface area contributed by atoms with Gasteiger partial charge in [0.1, 0.15) is 0 Å². The van der Waals surface area contributed by atoms with Crippen molar-refractivity contribution in [1.82, 2.24) is 4.90 Å². The zero-order valence-corrected chi connectivity index (χ0v) is 11.5. The van der Waals surface area contributed by atoms with Gasteiger partial charge in [-0.2, -0.15) is 0 Å². The molecule has 1 saturated heterocycles. The largest absolute Gasteiger partial charge is 0.478 e. The fraction of sp³-hybridized carbons (Fsp3) is 0.400. The number of rotatable bonds is 4. The molecule has 5 heteroatoms. The number of imide groups is 1. The van der Waals surface area contributed by atoms with Gasteiger partial charge in [-0.05, 0) is 18.1 Å². The first kappa shape index (κ1) is 14.2. The SMILES string of the molecule is CC1C(=O)N(CCc2ccccc2C(=O)O)C(=O)C1C. The van der Waals surface area contributed by atoms with Crippen LogP contribution < -0.4 is 0 Å². The van der Waals surface area contributed by atoms with Gasteiger partial charge in [-0.3, -0.25) is 14.5 Å². The third-order valence-corrected chi connectivity index (χ3v) is 3.91. The molecule has 1 aromatic rings. The molecule has 1 aliphatic rings. The van der Waals surface area contributed by atoms with Crippen LogP contribution in [0.4, 0.5) is 0 Å². The summed E-state index contributed by atoms with van der Waals surface area (Å²) in [6, 6.07) is 6.64. The molecule has 2 amide bonds. The minimum Gasteiger partial charge on any atom is -0.478 e. The average molecular weight is 275 g/mol. The van der Waals surface area contributed by atoms with Crippen LogP contribution >= 0.6 is 0 Å². The molecule has 0 saturated carbocycles. The molecule has 1 fully saturated rings. The van der Waals surface area contributed by atoms with E-state index in [2.05, 4.69) is 0 Å². The monoisotopic (exact) mass is 275 g/mol. The van der Waals surface area contributed by atoms with Crippen LogP contribution in [0.3, 0.4) is 0 Å². The van der Waals surface area contributed by atoms with Crippen molar-refractivity contribution in [3.8, 4) is 0 Å². The van der Waals surface area contributed by atoms with Gasteiger partial charge in [0.2, 0.25) is 11.8 Å². The number of hydrogen-bond acceptors (Lipinski definition) is 3. The molecule has 2 rings (SSSR count). The number of carboxylic acid groups (broad SMARTS) is 1. The molecular formula is C15H17NO4. The number of carboxylic acids is 1. The van der Waals surface area contributed by atoms with E-state index < -0.39 is 5.97 Å². The maximum atomic E-state index is 12.0. The lowest BCUT2D eigenvalue weighted by Crippen LogP contribution is -2.33. The zero-order chi connectivity index (χ0) is 14.9. The smallest absolute Gasteiger partial charge is 0.335 e. The van der Waals surface area contributed by atoms with Gasteiger partial charge >= 0.3 is 5.97 Å². The van der Waals surface area contributed by atoms with Crippen LogP contribution in [0.2, 0.25) is 0 Å². The van der Waals surface area contributed by atoms with E-state index in [9.17, 15) is 14.4 Å². The van der Waals surface area contributed by atoms with Gasteiger partial charge in [0.15, 0.2) is 0 Å². The molecule has 2 unspecified atom stereocenters. The van der Waals surface area contributed by atoms with Crippen molar-refractivity contribution in [1.29, 1.82) is 0 Å². The van der Waals surface area contributed by atoms with E-state index in [1.807, 2.05) is 0 Å². The molecule has 1 heterocycles. The van der Waals surface area contributed by atoms with Crippen molar-refractivity contribution in [3.63, 3.8) is 0 Å². The van der Waals surface area contributed by atoms with E-state index in [4.69, 9.17) is 5.11 Å². The van der Waals surface area contributed by atoms with Crippen molar-refractivity contribution >= 4 is 17.8 Å². The summed E-state index contributed by atoms with van der Waals surface area (Å²) in [5.74, 6) is -1.93. The molecule has 2 atom stereocenters. The maximum absolute atomic E-state index is 12.0. The zero-order valence-electron chi connectivity index (χ0n) is 11.5. The molecular weight excluding hydrogens is 258 g/mol. The summed E-state index contributed by atoms with van der Waals surface area (Å²) in [6.45, 7) is 3.73. The molecule has 0 aliphatic carbocycles. The molecule has 1 N–H and O–H groups in total. The van der Waals surface area contributed by atoms with Gasteiger partial charge in [0.25, 0.3) is 0 Å². The first-order chi connectivity index (χ1) is 9.43. The third kappa shape index (κ3) is 2.43. The van der Waals surface area contributed by atoms with Crippen LogP contribution in [0, 0.1) is 11.8 Å². The number of carbonyl (C=O) groups excluding carboxylic acids is 2. The summed E-state index contributed by atoms with van der Waals surface area (Å²) in [6.07, 6.45) is 0.361. The highest BCUT2D eigenvalue weighted by Crippen LogP contribution is 2.25. The standard InChI is InChI=1S/C15H17NO4/c1-9-10(2)14(18)16(13(9)17)8-7-11-5-3-4-6-12(11)15(19)20/h3-6,9-10H,7-8H2,1-2H3,(H,19,20). The Morgan fingerprint density at radius 1 is 1.15 bits per heavy atom. The van der Waals surface area contributed by atoms with Crippen molar-refractivity contribution in [3.05, 3.63) is 35.4 Å². The molecule has 106 valence electrons. The molecule has 0 aromatic heterocycles. The van der Waals surface area contributed by atoms with Gasteiger partial charge in [-0.1, -0.05) is 32.0 Å². The van der Waals surface area contributed by atoms with Crippen LogP contribution in [-0.4, -0.2) is 34.3 Å². The van der Waals surface area contributed by atoms with E-state index >= 15 is 0 Å². The molecule has 5 nitrogen and oxygen atoms in total. The van der Waals surface area contributed by atoms with Gasteiger partial charge in [0.05, 0.1) is 5.56 Å². The Labute approximate surface area is 117 Å². The Hall–Kier alpha value is -2.17. The van der Waals surface area contributed by atoms with Crippen LogP contribution in [0.15, 0.2) is 24.3 Å². The van der Waals surface area contributed by atoms with Gasteiger partial charge in [0, 0.05) is 18.4 Å². The average Bonchev–Trinajstić information content (AvgIpc) is 2.61. The topological polar surface area (TPSA) is 74.7 Å². The van der Waals surface area contributed by atoms with Crippen molar-refractivity contribution in [2.75, 3.05) is 6.54 Å². The number of likely N-dealkylation sites (tertiary alicyclic amines) is 1. The fourth-order valence-electron chi connectivity index (χ4n) is 2.43. The Balaban J connectivity index is 2.12. The number of aromatic carboxylic acids is 1. The van der Waals surface area contributed by atoms with E-state index in [-0.39, 0.29) is 35.8 Å². The Morgan fingerprint density at radius 3 is 2.25 bits per heavy atom. The van der Waals surface area contributed by atoms with Gasteiger partial charge in [-0.25, -0.2) is 4.79 Å². The second-order valence-electron chi connectivity index (χ2n) is 5.12. The first-order valence-corrected chi connectivity index (χ1v) is 6.60. The van der Waals surface area contributed by atoms with Crippen LogP contribution in [-0.2, 0) is 16.0 Å². The normalized spacial score (nSPS) is 22.4. The predicted octanol–water partition coefficient (Wildman–Crippen LogP) is 1.57. The highest BCUT2D eigenvalue weighted by molar-refractivity contribution is 6.04. The predicted molar refractivity (Wildman–Crippen MR) is 72.2 cm³/mol. The number of benzene rings is 1. The number of nitrogens with zero attached hydrogens (tertiary/aromatic N) is 1. The molecule has 0 spiro atoms. The molecule has 1 aliphatic heterocycles. The number of amides is 2. The quantitative estimate of drug-likeness (QED) is 0.846. The summed E-state index contributed by atoms with van der Waals surface area (Å²) < 4.78 is 0. The Bertz CT molecular complexity index is 547. The first-order valence-electron chi connectivity index (χ1n) is 6.60. The minimum absolute atomic E-state index is 0.171. The second kappa shape index (κ2) is 5.45. The minimum atomic E-state index is -0.999. The lowest BCUT2D eigenvalue weighted by molar-refractivity contribution is -0.139. The van der Waals surface area contributed by atoms with Crippen LogP contribution in [0.5, 0.6) is 0 Å². The van der Waals surface area contributed by atoms with Crippen LogP contribution in [0.25, 0.3) is 0 Å². The summed E-state index contributed by atoms with van der Waals surface area (Å²) in [7, 11) is 0. The number of carbonyl (C=O) groups is 3. The van der Waals surface area contributed by atoms with Crippen LogP contribution in [0.1, 0.15) is 29.8 Å². The highest BCUT2D eigenvalue weighted by Gasteiger charge is 2.41. The van der Waals surface area contributed by atoms with E-state index in [0.29, 0.717) is 12.0 Å². The maximum Gasteiger partial charge on any atom is 0.335 e. The Morgan fingerprint density at radius 2 is 1.70 bits per heavy atom. The van der Waals surface area contributed by atoms with Crippen molar-refractivity contribution in [2.24, 2.45) is 11.8 Å². The highest BCUT2D eigenvalue weighted by atomic mass is 16.4. The van der Waals surface area contributed by atoms with Crippen molar-refractivity contribution in [2.45, 2.75) is 20.3 Å². The third-order valence-electron chi connectivity index (χ3n) is 3.91. The van der Waals surface area contributed by atoms with Gasteiger partial charge in [-0.15, -0.1) is 0 Å². The molecule has 0 bridgehead atoms.